The van der Waals surface area contributed by atoms with Gasteiger partial charge in [0.05, 0.1) is 17.9 Å². The Morgan fingerprint density at radius 1 is 1.13 bits per heavy atom. The van der Waals surface area contributed by atoms with Gasteiger partial charge in [-0.2, -0.15) is 20.7 Å². The molecule has 3 aromatic rings. The van der Waals surface area contributed by atoms with Gasteiger partial charge in [-0.15, -0.1) is 0 Å². The van der Waals surface area contributed by atoms with Crippen LogP contribution >= 0.6 is 11.8 Å². The number of nitrogens with two attached hydrogens (primary N) is 1. The highest BCUT2D eigenvalue weighted by molar-refractivity contribution is 7.98. The molecule has 0 aliphatic heterocycles. The van der Waals surface area contributed by atoms with Crippen LogP contribution in [-0.4, -0.2) is 40.5 Å². The Balaban J connectivity index is 1.97. The molecule has 3 aromatic heterocycles. The van der Waals surface area contributed by atoms with Gasteiger partial charge in [0.25, 0.3) is 0 Å². The van der Waals surface area contributed by atoms with Crippen molar-refractivity contribution in [1.82, 2.24) is 20.2 Å². The number of anilines is 1. The van der Waals surface area contributed by atoms with Gasteiger partial charge in [-0.3, -0.25) is 0 Å². The summed E-state index contributed by atoms with van der Waals surface area (Å²) in [5.74, 6) is 0.908. The maximum Gasteiger partial charge on any atom is 0.213 e. The van der Waals surface area contributed by atoms with E-state index in [1.165, 1.54) is 18.0 Å². The Bertz CT molecular complexity index is 1090. The molecule has 0 unspecified atom stereocenters. The van der Waals surface area contributed by atoms with Crippen molar-refractivity contribution in [3.8, 4) is 29.1 Å². The molecule has 0 saturated carbocycles. The van der Waals surface area contributed by atoms with Crippen LogP contribution in [0.15, 0.2) is 41.7 Å². The van der Waals surface area contributed by atoms with Crippen molar-refractivity contribution < 1.29 is 9.47 Å². The van der Waals surface area contributed by atoms with E-state index in [9.17, 15) is 10.5 Å². The lowest BCUT2D eigenvalue weighted by atomic mass is 9.98. The van der Waals surface area contributed by atoms with E-state index in [0.29, 0.717) is 41.0 Å². The number of hydrogen-bond donors (Lipinski definition) is 1. The molecule has 30 heavy (non-hydrogen) atoms. The van der Waals surface area contributed by atoms with Crippen molar-refractivity contribution in [1.29, 1.82) is 10.5 Å². The third kappa shape index (κ3) is 4.81. The molecule has 0 spiro atoms. The van der Waals surface area contributed by atoms with Crippen molar-refractivity contribution in [2.75, 3.05) is 26.1 Å². The zero-order valence-corrected chi connectivity index (χ0v) is 16.9. The van der Waals surface area contributed by atoms with Gasteiger partial charge in [-0.1, -0.05) is 11.8 Å². The summed E-state index contributed by atoms with van der Waals surface area (Å²) < 4.78 is 10.4. The quantitative estimate of drug-likeness (QED) is 0.427. The Hall–Kier alpha value is -3.73. The highest BCUT2D eigenvalue weighted by atomic mass is 32.2. The number of thioether (sulfide) groups is 1. The maximum absolute atomic E-state index is 9.83. The number of pyridine rings is 2. The molecular weight excluding hydrogens is 402 g/mol. The number of rotatable bonds is 8. The monoisotopic (exact) mass is 419 g/mol. The number of ether oxygens (including phenoxy) is 2. The second-order valence-electron chi connectivity index (χ2n) is 5.88. The molecule has 0 atom stereocenters. The van der Waals surface area contributed by atoms with E-state index in [4.69, 9.17) is 15.2 Å². The first-order valence-electron chi connectivity index (χ1n) is 8.79. The summed E-state index contributed by atoms with van der Waals surface area (Å²) in [6.07, 6.45) is 3.12. The van der Waals surface area contributed by atoms with Crippen LogP contribution in [0.25, 0.3) is 11.1 Å². The molecule has 10 heteroatoms. The molecule has 0 saturated heterocycles. The van der Waals surface area contributed by atoms with E-state index >= 15 is 0 Å². The van der Waals surface area contributed by atoms with Crippen LogP contribution in [0, 0.1) is 22.7 Å². The average Bonchev–Trinajstić information content (AvgIpc) is 2.78. The van der Waals surface area contributed by atoms with E-state index < -0.39 is 0 Å². The van der Waals surface area contributed by atoms with Crippen LogP contribution in [0.2, 0.25) is 0 Å². The molecule has 0 amide bonds. The third-order valence-corrected chi connectivity index (χ3v) is 4.97. The number of hydrogen-bond acceptors (Lipinski definition) is 10. The maximum atomic E-state index is 9.83. The largest absolute Gasteiger partial charge is 0.475 e. The Morgan fingerprint density at radius 3 is 2.60 bits per heavy atom. The van der Waals surface area contributed by atoms with Crippen LogP contribution in [0.5, 0.6) is 5.88 Å². The van der Waals surface area contributed by atoms with Crippen molar-refractivity contribution in [3.63, 3.8) is 0 Å². The van der Waals surface area contributed by atoms with Gasteiger partial charge in [0, 0.05) is 42.4 Å². The van der Waals surface area contributed by atoms with Gasteiger partial charge >= 0.3 is 0 Å². The van der Waals surface area contributed by atoms with Crippen molar-refractivity contribution in [2.45, 2.75) is 10.8 Å². The Morgan fingerprint density at radius 2 is 1.97 bits per heavy atom. The van der Waals surface area contributed by atoms with Gasteiger partial charge in [0.15, 0.2) is 0 Å². The molecule has 0 aliphatic carbocycles. The minimum Gasteiger partial charge on any atom is -0.475 e. The van der Waals surface area contributed by atoms with Gasteiger partial charge in [0.2, 0.25) is 5.88 Å². The molecule has 0 aliphatic rings. The lowest BCUT2D eigenvalue weighted by molar-refractivity contribution is 0.144. The summed E-state index contributed by atoms with van der Waals surface area (Å²) in [7, 11) is 1.58. The Kier molecular flexibility index (Phi) is 7.11. The van der Waals surface area contributed by atoms with E-state index in [1.807, 2.05) is 12.1 Å². The molecule has 3 heterocycles. The zero-order valence-electron chi connectivity index (χ0n) is 16.1. The average molecular weight is 419 g/mol. The first kappa shape index (κ1) is 21.0. The normalized spacial score (nSPS) is 10.2. The SMILES string of the molecule is COCCOc1ccc(-c2c(C#N)c(N)nc(SCc3cccnn3)c2C#N)cn1. The van der Waals surface area contributed by atoms with Gasteiger partial charge < -0.3 is 15.2 Å². The van der Waals surface area contributed by atoms with Crippen LogP contribution in [0.1, 0.15) is 16.8 Å². The summed E-state index contributed by atoms with van der Waals surface area (Å²) in [5, 5.41) is 27.7. The van der Waals surface area contributed by atoms with Crippen molar-refractivity contribution in [3.05, 3.63) is 53.5 Å². The molecular formula is C20H17N7O2S. The summed E-state index contributed by atoms with van der Waals surface area (Å²) in [6.45, 7) is 0.801. The third-order valence-electron chi connectivity index (χ3n) is 3.96. The fourth-order valence-corrected chi connectivity index (χ4v) is 3.48. The second kappa shape index (κ2) is 10.2. The first-order valence-corrected chi connectivity index (χ1v) is 9.77. The Labute approximate surface area is 177 Å². The molecule has 9 nitrogen and oxygen atoms in total. The predicted octanol–water partition coefficient (Wildman–Crippen LogP) is 2.58. The van der Waals surface area contributed by atoms with Gasteiger partial charge in [0.1, 0.15) is 35.2 Å². The van der Waals surface area contributed by atoms with Crippen LogP contribution in [-0.2, 0) is 10.5 Å². The van der Waals surface area contributed by atoms with Crippen LogP contribution < -0.4 is 10.5 Å². The van der Waals surface area contributed by atoms with Gasteiger partial charge in [-0.05, 0) is 18.2 Å². The minimum atomic E-state index is 0.0496. The highest BCUT2D eigenvalue weighted by Crippen LogP contribution is 2.36. The smallest absolute Gasteiger partial charge is 0.213 e. The number of aromatic nitrogens is 4. The van der Waals surface area contributed by atoms with E-state index in [1.54, 1.807) is 31.5 Å². The molecule has 0 fully saturated rings. The fraction of sp³-hybridized carbons (Fsp3) is 0.200. The first-order chi connectivity index (χ1) is 14.7. The van der Waals surface area contributed by atoms with E-state index in [-0.39, 0.29) is 16.9 Å². The zero-order chi connectivity index (χ0) is 21.3. The molecule has 3 rings (SSSR count). The van der Waals surface area contributed by atoms with Crippen LogP contribution in [0.3, 0.4) is 0 Å². The number of methoxy groups -OCH3 is 1. The van der Waals surface area contributed by atoms with E-state index in [0.717, 1.165) is 5.69 Å². The summed E-state index contributed by atoms with van der Waals surface area (Å²) >= 11 is 1.30. The molecule has 0 aromatic carbocycles. The van der Waals surface area contributed by atoms with Crippen molar-refractivity contribution in [2.24, 2.45) is 0 Å². The topological polar surface area (TPSA) is 144 Å². The second-order valence-corrected chi connectivity index (χ2v) is 6.84. The fourth-order valence-electron chi connectivity index (χ4n) is 2.59. The molecule has 2 N–H and O–H groups in total. The van der Waals surface area contributed by atoms with E-state index in [2.05, 4.69) is 26.2 Å². The predicted molar refractivity (Wildman–Crippen MR) is 110 cm³/mol. The lowest BCUT2D eigenvalue weighted by Crippen LogP contribution is -2.06. The molecule has 0 bridgehead atoms. The summed E-state index contributed by atoms with van der Waals surface area (Å²) in [6, 6.07) is 11.2. The number of nitrogens with zero attached hydrogens (tertiary/aromatic N) is 6. The molecule has 0 radical (unpaired) electrons. The minimum absolute atomic E-state index is 0.0496. The summed E-state index contributed by atoms with van der Waals surface area (Å²) in [4.78, 5) is 8.52. The number of nitriles is 2. The van der Waals surface area contributed by atoms with Crippen LogP contribution in [0.4, 0.5) is 5.82 Å². The lowest BCUT2D eigenvalue weighted by Gasteiger charge is -2.13. The summed E-state index contributed by atoms with van der Waals surface area (Å²) in [5.41, 5.74) is 8.11. The standard InChI is InChI=1S/C20H17N7O2S/c1-28-7-8-29-17-5-4-13(11-24-17)18-15(9-21)19(23)26-20(16(18)10-22)30-12-14-3-2-6-25-27-14/h2-6,11H,7-8,12H2,1H3,(H2,23,26). The van der Waals surface area contributed by atoms with Gasteiger partial charge in [-0.25, -0.2) is 9.97 Å². The number of nitrogen functional groups attached to an aromatic ring is 1. The van der Waals surface area contributed by atoms with Crippen molar-refractivity contribution >= 4 is 17.6 Å². The highest BCUT2D eigenvalue weighted by Gasteiger charge is 2.21. The molecule has 150 valence electrons.